The van der Waals surface area contributed by atoms with Crippen LogP contribution in [0.1, 0.15) is 16.7 Å². The zero-order valence-corrected chi connectivity index (χ0v) is 24.2. The Kier molecular flexibility index (Phi) is 8.16. The molecule has 1 aliphatic rings. The van der Waals surface area contributed by atoms with Gasteiger partial charge in [0.2, 0.25) is 0 Å². The van der Waals surface area contributed by atoms with Crippen LogP contribution in [0.15, 0.2) is 127 Å². The monoisotopic (exact) mass is 537 g/mol. The second kappa shape index (κ2) is 12.4. The third kappa shape index (κ3) is 6.53. The molecule has 0 bridgehead atoms. The molecule has 1 aliphatic heterocycles. The second-order valence-corrected chi connectivity index (χ2v) is 11.2. The summed E-state index contributed by atoms with van der Waals surface area (Å²) >= 11 is 0. The van der Waals surface area contributed by atoms with Crippen molar-refractivity contribution in [2.45, 2.75) is 20.3 Å². The fraction of sp³-hybridized carbons (Fsp3) is 0.211. The third-order valence-corrected chi connectivity index (χ3v) is 8.21. The van der Waals surface area contributed by atoms with Crippen LogP contribution in [0.3, 0.4) is 0 Å². The average Bonchev–Trinajstić information content (AvgIpc) is 3.03. The molecule has 0 atom stereocenters. The van der Waals surface area contributed by atoms with E-state index in [4.69, 9.17) is 0 Å². The number of hydrogen-bond donors (Lipinski definition) is 0. The summed E-state index contributed by atoms with van der Waals surface area (Å²) in [5.74, 6) is 0. The Bertz CT molecular complexity index is 1470. The quantitative estimate of drug-likeness (QED) is 0.196. The Morgan fingerprint density at radius 1 is 0.512 bits per heavy atom. The number of nitrogens with zero attached hydrogens (tertiary/aromatic N) is 3. The van der Waals surface area contributed by atoms with Crippen molar-refractivity contribution in [2.75, 3.05) is 42.5 Å². The van der Waals surface area contributed by atoms with E-state index in [9.17, 15) is 0 Å². The first-order valence-corrected chi connectivity index (χ1v) is 14.8. The summed E-state index contributed by atoms with van der Waals surface area (Å²) in [4.78, 5) is 7.42. The van der Waals surface area contributed by atoms with Crippen LogP contribution in [0.2, 0.25) is 0 Å². The number of rotatable bonds is 8. The topological polar surface area (TPSA) is 9.72 Å². The van der Waals surface area contributed by atoms with E-state index >= 15 is 0 Å². The van der Waals surface area contributed by atoms with Gasteiger partial charge in [-0.05, 0) is 85.5 Å². The lowest BCUT2D eigenvalue weighted by Gasteiger charge is -2.36. The molecule has 1 heterocycles. The molecule has 0 spiro atoms. The molecule has 41 heavy (non-hydrogen) atoms. The first-order valence-electron chi connectivity index (χ1n) is 14.8. The molecule has 6 rings (SSSR count). The van der Waals surface area contributed by atoms with Crippen molar-refractivity contribution < 1.29 is 0 Å². The van der Waals surface area contributed by atoms with E-state index in [0.717, 1.165) is 56.2 Å². The van der Waals surface area contributed by atoms with Crippen LogP contribution in [0, 0.1) is 13.8 Å². The van der Waals surface area contributed by atoms with Gasteiger partial charge in [-0.3, -0.25) is 4.90 Å². The van der Waals surface area contributed by atoms with Crippen molar-refractivity contribution in [3.8, 4) is 11.1 Å². The molecule has 3 heteroatoms. The Labute approximate surface area is 245 Å². The van der Waals surface area contributed by atoms with Crippen molar-refractivity contribution in [3.63, 3.8) is 0 Å². The summed E-state index contributed by atoms with van der Waals surface area (Å²) in [5, 5.41) is 0. The summed E-state index contributed by atoms with van der Waals surface area (Å²) in [6.07, 6.45) is 1.09. The Balaban J connectivity index is 1.10. The predicted octanol–water partition coefficient (Wildman–Crippen LogP) is 8.80. The zero-order valence-electron chi connectivity index (χ0n) is 24.2. The maximum atomic E-state index is 2.60. The largest absolute Gasteiger partial charge is 0.369 e. The van der Waals surface area contributed by atoms with Crippen LogP contribution in [0.25, 0.3) is 11.1 Å². The van der Waals surface area contributed by atoms with Gasteiger partial charge in [-0.2, -0.15) is 0 Å². The van der Waals surface area contributed by atoms with Crippen molar-refractivity contribution in [2.24, 2.45) is 0 Å². The average molecular weight is 538 g/mol. The molecule has 5 aromatic rings. The zero-order chi connectivity index (χ0) is 28.0. The standard InChI is InChI=1S/C38H39N3/c1-30-8-18-36(19-9-30)41(37-20-10-31(2)11-21-37)38-22-16-34(17-23-38)33-14-12-32(13-15-33)24-25-39-26-28-40(29-27-39)35-6-4-3-5-7-35/h3-23H,24-29H2,1-2H3. The Morgan fingerprint density at radius 3 is 1.49 bits per heavy atom. The number of aryl methyl sites for hydroxylation is 2. The van der Waals surface area contributed by atoms with Gasteiger partial charge in [0.25, 0.3) is 0 Å². The molecule has 0 amide bonds. The Hall–Kier alpha value is -4.34. The molecular weight excluding hydrogens is 498 g/mol. The molecule has 5 aromatic carbocycles. The molecule has 1 fully saturated rings. The molecule has 0 saturated carbocycles. The van der Waals surface area contributed by atoms with E-state index in [2.05, 4.69) is 156 Å². The predicted molar refractivity (Wildman–Crippen MR) is 175 cm³/mol. The molecule has 0 N–H and O–H groups in total. The van der Waals surface area contributed by atoms with Gasteiger partial charge in [0, 0.05) is 55.5 Å². The lowest BCUT2D eigenvalue weighted by atomic mass is 10.0. The highest BCUT2D eigenvalue weighted by molar-refractivity contribution is 5.78. The minimum Gasteiger partial charge on any atom is -0.369 e. The van der Waals surface area contributed by atoms with Gasteiger partial charge in [0.1, 0.15) is 0 Å². The molecular formula is C38H39N3. The van der Waals surface area contributed by atoms with Crippen LogP contribution >= 0.6 is 0 Å². The van der Waals surface area contributed by atoms with E-state index in [1.165, 1.54) is 33.5 Å². The van der Waals surface area contributed by atoms with E-state index in [1.54, 1.807) is 0 Å². The van der Waals surface area contributed by atoms with Crippen molar-refractivity contribution in [1.82, 2.24) is 4.90 Å². The maximum absolute atomic E-state index is 2.60. The number of piperazine rings is 1. The summed E-state index contributed by atoms with van der Waals surface area (Å²) in [6.45, 7) is 9.84. The summed E-state index contributed by atoms with van der Waals surface area (Å²) in [5.41, 5.74) is 11.3. The lowest BCUT2D eigenvalue weighted by Crippen LogP contribution is -2.46. The van der Waals surface area contributed by atoms with Gasteiger partial charge >= 0.3 is 0 Å². The number of hydrogen-bond acceptors (Lipinski definition) is 3. The SMILES string of the molecule is Cc1ccc(N(c2ccc(C)cc2)c2ccc(-c3ccc(CCN4CCN(c5ccccc5)CC4)cc3)cc2)cc1. The van der Waals surface area contributed by atoms with Gasteiger partial charge in [-0.25, -0.2) is 0 Å². The van der Waals surface area contributed by atoms with Crippen LogP contribution in [-0.2, 0) is 6.42 Å². The van der Waals surface area contributed by atoms with E-state index < -0.39 is 0 Å². The normalized spacial score (nSPS) is 13.8. The summed E-state index contributed by atoms with van der Waals surface area (Å²) in [6, 6.07) is 46.4. The molecule has 0 aromatic heterocycles. The van der Waals surface area contributed by atoms with Crippen LogP contribution in [-0.4, -0.2) is 37.6 Å². The van der Waals surface area contributed by atoms with Crippen LogP contribution in [0.4, 0.5) is 22.7 Å². The van der Waals surface area contributed by atoms with E-state index in [-0.39, 0.29) is 0 Å². The van der Waals surface area contributed by atoms with Gasteiger partial charge in [0.05, 0.1) is 0 Å². The minimum absolute atomic E-state index is 1.09. The molecule has 1 saturated heterocycles. The highest BCUT2D eigenvalue weighted by Gasteiger charge is 2.17. The van der Waals surface area contributed by atoms with E-state index in [1.807, 2.05) is 0 Å². The van der Waals surface area contributed by atoms with Gasteiger partial charge in [0.15, 0.2) is 0 Å². The fourth-order valence-corrected chi connectivity index (χ4v) is 5.66. The van der Waals surface area contributed by atoms with E-state index in [0.29, 0.717) is 0 Å². The van der Waals surface area contributed by atoms with Crippen molar-refractivity contribution >= 4 is 22.7 Å². The van der Waals surface area contributed by atoms with Gasteiger partial charge < -0.3 is 9.80 Å². The van der Waals surface area contributed by atoms with Gasteiger partial charge in [-0.15, -0.1) is 0 Å². The third-order valence-electron chi connectivity index (χ3n) is 8.21. The molecule has 0 unspecified atom stereocenters. The summed E-state index contributed by atoms with van der Waals surface area (Å²) in [7, 11) is 0. The second-order valence-electron chi connectivity index (χ2n) is 11.2. The first kappa shape index (κ1) is 26.9. The van der Waals surface area contributed by atoms with Crippen molar-refractivity contribution in [3.05, 3.63) is 144 Å². The van der Waals surface area contributed by atoms with Crippen LogP contribution < -0.4 is 9.80 Å². The number of para-hydroxylation sites is 1. The molecule has 3 nitrogen and oxygen atoms in total. The molecule has 0 radical (unpaired) electrons. The summed E-state index contributed by atoms with van der Waals surface area (Å²) < 4.78 is 0. The lowest BCUT2D eigenvalue weighted by molar-refractivity contribution is 0.261. The minimum atomic E-state index is 1.09. The van der Waals surface area contributed by atoms with Crippen LogP contribution in [0.5, 0.6) is 0 Å². The first-order chi connectivity index (χ1) is 20.1. The number of benzene rings is 5. The van der Waals surface area contributed by atoms with Gasteiger partial charge in [-0.1, -0.05) is 90.0 Å². The highest BCUT2D eigenvalue weighted by Crippen LogP contribution is 2.35. The fourth-order valence-electron chi connectivity index (χ4n) is 5.66. The smallest absolute Gasteiger partial charge is 0.0462 e. The van der Waals surface area contributed by atoms with Crippen molar-refractivity contribution in [1.29, 1.82) is 0 Å². The molecule has 206 valence electrons. The molecule has 0 aliphatic carbocycles. The number of anilines is 4. The Morgan fingerprint density at radius 2 is 0.976 bits per heavy atom. The highest BCUT2D eigenvalue weighted by atomic mass is 15.3. The maximum Gasteiger partial charge on any atom is 0.0462 e.